The maximum atomic E-state index is 11.3. The van der Waals surface area contributed by atoms with Crippen molar-refractivity contribution in [3.8, 4) is 5.75 Å². The van der Waals surface area contributed by atoms with Gasteiger partial charge in [0.25, 0.3) is 0 Å². The molecule has 0 saturated heterocycles. The number of amides is 1. The number of ether oxygens (including phenoxy) is 1. The average Bonchev–Trinajstić information content (AvgIpc) is 2.83. The maximum Gasteiger partial charge on any atom is 0.248 e. The van der Waals surface area contributed by atoms with Crippen LogP contribution in [0.1, 0.15) is 46.9 Å². The summed E-state index contributed by atoms with van der Waals surface area (Å²) in [5, 5.41) is 14.0. The van der Waals surface area contributed by atoms with Gasteiger partial charge in [-0.25, -0.2) is 0 Å². The minimum absolute atomic E-state index is 0. The largest absolute Gasteiger partial charge is 0.491 e. The molecule has 1 unspecified atom stereocenters. The van der Waals surface area contributed by atoms with Gasteiger partial charge in [0.15, 0.2) is 0 Å². The Morgan fingerprint density at radius 3 is 2.03 bits per heavy atom. The number of benzene rings is 3. The number of primary amides is 1. The standard InChI is InChI=1S/C29H37N3O3.2ClH/c1-21-17-24(28(30)34)15-16-26(21)35-19-25(33)18-31-29(2,3)20-32(4)27(22-11-7-5-8-12-22)23-13-9-6-10-14-23;;/h5-17,25,27,31,33H,18-20H2,1-4H3,(H2,30,34);2*1H. The fourth-order valence-corrected chi connectivity index (χ4v) is 4.35. The lowest BCUT2D eigenvalue weighted by Gasteiger charge is -2.37. The van der Waals surface area contributed by atoms with E-state index in [1.54, 1.807) is 18.2 Å². The minimum atomic E-state index is -0.686. The number of halogens is 2. The predicted octanol–water partition coefficient (Wildman–Crippen LogP) is 4.77. The van der Waals surface area contributed by atoms with Gasteiger partial charge in [0.2, 0.25) is 5.91 Å². The number of carbonyl (C=O) groups excluding carboxylic acids is 1. The number of aliphatic hydroxyl groups excluding tert-OH is 1. The van der Waals surface area contributed by atoms with Gasteiger partial charge >= 0.3 is 0 Å². The Hall–Kier alpha value is -2.61. The third kappa shape index (κ3) is 9.65. The number of hydrogen-bond acceptors (Lipinski definition) is 5. The smallest absolute Gasteiger partial charge is 0.248 e. The van der Waals surface area contributed by atoms with Crippen LogP contribution in [0.2, 0.25) is 0 Å². The number of nitrogens with two attached hydrogens (primary N) is 1. The van der Waals surface area contributed by atoms with Crippen LogP contribution in [0.15, 0.2) is 78.9 Å². The van der Waals surface area contributed by atoms with E-state index in [1.807, 2.05) is 19.1 Å². The molecule has 0 spiro atoms. The fraction of sp³-hybridized carbons (Fsp3) is 0.345. The summed E-state index contributed by atoms with van der Waals surface area (Å²) in [6, 6.07) is 26.2. The van der Waals surface area contributed by atoms with Crippen LogP contribution in [-0.2, 0) is 0 Å². The second kappa shape index (κ2) is 15.0. The van der Waals surface area contributed by atoms with Gasteiger partial charge in [0, 0.05) is 24.2 Å². The van der Waals surface area contributed by atoms with Crippen LogP contribution in [0.5, 0.6) is 5.75 Å². The van der Waals surface area contributed by atoms with Crippen LogP contribution in [0.25, 0.3) is 0 Å². The number of β-amino-alcohol motifs (C(OH)–C–C–N with tert-alkyl or cyclic N) is 1. The molecule has 0 aliphatic heterocycles. The van der Waals surface area contributed by atoms with Gasteiger partial charge in [-0.15, -0.1) is 24.8 Å². The normalized spacial score (nSPS) is 12.0. The number of carbonyl (C=O) groups is 1. The van der Waals surface area contributed by atoms with Gasteiger partial charge in [0.05, 0.1) is 6.04 Å². The van der Waals surface area contributed by atoms with Crippen molar-refractivity contribution in [2.24, 2.45) is 5.73 Å². The Balaban J connectivity index is 0.00000342. The highest BCUT2D eigenvalue weighted by Gasteiger charge is 2.26. The number of aryl methyl sites for hydroxylation is 1. The quantitative estimate of drug-likeness (QED) is 0.304. The Morgan fingerprint density at radius 1 is 1.00 bits per heavy atom. The van der Waals surface area contributed by atoms with E-state index < -0.39 is 12.0 Å². The third-order valence-corrected chi connectivity index (χ3v) is 6.02. The first-order valence-electron chi connectivity index (χ1n) is 11.9. The summed E-state index contributed by atoms with van der Waals surface area (Å²) in [5.74, 6) is 0.152. The molecule has 0 radical (unpaired) electrons. The first kappa shape index (κ1) is 32.4. The number of hydrogen-bond donors (Lipinski definition) is 3. The third-order valence-electron chi connectivity index (χ3n) is 6.02. The van der Waals surface area contributed by atoms with Crippen molar-refractivity contribution in [1.82, 2.24) is 10.2 Å². The summed E-state index contributed by atoms with van der Waals surface area (Å²) in [6.07, 6.45) is -0.686. The van der Waals surface area contributed by atoms with Crippen LogP contribution >= 0.6 is 24.8 Å². The van der Waals surface area contributed by atoms with Crippen molar-refractivity contribution in [1.29, 1.82) is 0 Å². The monoisotopic (exact) mass is 547 g/mol. The molecule has 1 amide bonds. The molecule has 0 saturated carbocycles. The second-order valence-electron chi connectivity index (χ2n) is 9.71. The second-order valence-corrected chi connectivity index (χ2v) is 9.71. The van der Waals surface area contributed by atoms with Crippen molar-refractivity contribution in [3.63, 3.8) is 0 Å². The molecule has 37 heavy (non-hydrogen) atoms. The van der Waals surface area contributed by atoms with Gasteiger partial charge in [-0.3, -0.25) is 9.69 Å². The van der Waals surface area contributed by atoms with Crippen molar-refractivity contribution in [2.75, 3.05) is 26.7 Å². The van der Waals surface area contributed by atoms with Gasteiger partial charge in [-0.2, -0.15) is 0 Å². The van der Waals surface area contributed by atoms with Crippen LogP contribution in [-0.4, -0.2) is 54.3 Å². The van der Waals surface area contributed by atoms with Gasteiger partial charge < -0.3 is 20.9 Å². The minimum Gasteiger partial charge on any atom is -0.491 e. The molecule has 0 aromatic heterocycles. The van der Waals surface area contributed by atoms with Crippen LogP contribution < -0.4 is 15.8 Å². The first-order valence-corrected chi connectivity index (χ1v) is 11.9. The summed E-state index contributed by atoms with van der Waals surface area (Å²) in [6.45, 7) is 7.42. The van der Waals surface area contributed by atoms with E-state index in [0.717, 1.165) is 12.1 Å². The molecular weight excluding hydrogens is 509 g/mol. The zero-order valence-corrected chi connectivity index (χ0v) is 23.5. The highest BCUT2D eigenvalue weighted by atomic mass is 35.5. The molecule has 8 heteroatoms. The van der Waals surface area contributed by atoms with E-state index in [4.69, 9.17) is 10.5 Å². The van der Waals surface area contributed by atoms with Crippen molar-refractivity contribution in [2.45, 2.75) is 38.5 Å². The van der Waals surface area contributed by atoms with Crippen molar-refractivity contribution >= 4 is 30.7 Å². The highest BCUT2D eigenvalue weighted by Crippen LogP contribution is 2.28. The average molecular weight is 549 g/mol. The molecule has 3 rings (SSSR count). The van der Waals surface area contributed by atoms with E-state index in [9.17, 15) is 9.90 Å². The molecular formula is C29H39Cl2N3O3. The number of nitrogens with zero attached hydrogens (tertiary/aromatic N) is 1. The molecule has 4 N–H and O–H groups in total. The summed E-state index contributed by atoms with van der Waals surface area (Å²) < 4.78 is 5.78. The molecule has 6 nitrogen and oxygen atoms in total. The number of nitrogens with one attached hydrogen (secondary N) is 1. The number of rotatable bonds is 12. The van der Waals surface area contributed by atoms with E-state index in [1.165, 1.54) is 11.1 Å². The molecule has 1 atom stereocenters. The SMILES string of the molecule is Cc1cc(C(N)=O)ccc1OCC(O)CNC(C)(C)CN(C)C(c1ccccc1)c1ccccc1.Cl.Cl. The Labute approximate surface area is 233 Å². The molecule has 3 aromatic carbocycles. The molecule has 0 heterocycles. The molecule has 3 aromatic rings. The van der Waals surface area contributed by atoms with Crippen LogP contribution in [0, 0.1) is 6.92 Å². The van der Waals surface area contributed by atoms with Gasteiger partial charge in [0.1, 0.15) is 18.5 Å². The Bertz CT molecular complexity index is 1060. The van der Waals surface area contributed by atoms with Crippen molar-refractivity contribution < 1.29 is 14.6 Å². The van der Waals surface area contributed by atoms with E-state index >= 15 is 0 Å². The highest BCUT2D eigenvalue weighted by molar-refractivity contribution is 5.93. The number of likely N-dealkylation sites (N-methyl/N-ethyl adjacent to an activating group) is 1. The van der Waals surface area contributed by atoms with Gasteiger partial charge in [-0.05, 0) is 62.7 Å². The van der Waals surface area contributed by atoms with Crippen LogP contribution in [0.3, 0.4) is 0 Å². The lowest BCUT2D eigenvalue weighted by atomic mass is 9.95. The molecule has 0 aliphatic rings. The Morgan fingerprint density at radius 2 is 1.54 bits per heavy atom. The van der Waals surface area contributed by atoms with Crippen molar-refractivity contribution in [3.05, 3.63) is 101 Å². The predicted molar refractivity (Wildman–Crippen MR) is 155 cm³/mol. The van der Waals surface area contributed by atoms with E-state index in [-0.39, 0.29) is 43.0 Å². The topological polar surface area (TPSA) is 87.8 Å². The summed E-state index contributed by atoms with van der Waals surface area (Å²) in [4.78, 5) is 13.7. The summed E-state index contributed by atoms with van der Waals surface area (Å²) >= 11 is 0. The molecule has 0 bridgehead atoms. The summed E-state index contributed by atoms with van der Waals surface area (Å²) in [5.41, 5.74) is 8.79. The number of aliphatic hydroxyl groups is 1. The van der Waals surface area contributed by atoms with Gasteiger partial charge in [-0.1, -0.05) is 60.7 Å². The zero-order valence-electron chi connectivity index (χ0n) is 21.9. The molecule has 0 fully saturated rings. The molecule has 0 aliphatic carbocycles. The maximum absolute atomic E-state index is 11.3. The Kier molecular flexibility index (Phi) is 13.1. The molecule has 202 valence electrons. The first-order chi connectivity index (χ1) is 16.7. The lowest BCUT2D eigenvalue weighted by Crippen LogP contribution is -2.51. The van der Waals surface area contributed by atoms with E-state index in [2.05, 4.69) is 79.6 Å². The fourth-order valence-electron chi connectivity index (χ4n) is 4.35. The van der Waals surface area contributed by atoms with Crippen LogP contribution in [0.4, 0.5) is 0 Å². The summed E-state index contributed by atoms with van der Waals surface area (Å²) in [7, 11) is 2.13. The zero-order chi connectivity index (χ0) is 25.4. The van der Waals surface area contributed by atoms with E-state index in [0.29, 0.717) is 17.9 Å². The lowest BCUT2D eigenvalue weighted by molar-refractivity contribution is 0.0932.